The molecule has 0 aliphatic carbocycles. The molecule has 21 heavy (non-hydrogen) atoms. The van der Waals surface area contributed by atoms with Crippen molar-refractivity contribution >= 4 is 0 Å². The number of ether oxygens (including phenoxy) is 1. The molecule has 2 aromatic rings. The average Bonchev–Trinajstić information content (AvgIpc) is 2.42. The highest BCUT2D eigenvalue weighted by Crippen LogP contribution is 2.32. The third kappa shape index (κ3) is 3.35. The van der Waals surface area contributed by atoms with Crippen molar-refractivity contribution in [3.8, 4) is 16.9 Å². The molecule has 112 valence electrons. The van der Waals surface area contributed by atoms with Gasteiger partial charge in [-0.25, -0.2) is 17.6 Å². The molecule has 0 fully saturated rings. The van der Waals surface area contributed by atoms with Crippen LogP contribution in [0.5, 0.6) is 5.75 Å². The highest BCUT2D eigenvalue weighted by Gasteiger charge is 2.17. The third-order valence-corrected chi connectivity index (χ3v) is 2.99. The standard InChI is InChI=1S/C16H14F4O/c1-2-3-7-21-16-13(19)8-10(9-14(16)20)15-11(17)5-4-6-12(15)18/h4-6,8-9H,2-3,7H2,1H3. The number of benzene rings is 2. The maximum atomic E-state index is 13.9. The second-order valence-electron chi connectivity index (χ2n) is 4.57. The molecule has 0 amide bonds. The molecule has 0 bridgehead atoms. The van der Waals surface area contributed by atoms with E-state index in [0.29, 0.717) is 6.42 Å². The lowest BCUT2D eigenvalue weighted by atomic mass is 10.0. The molecule has 0 radical (unpaired) electrons. The van der Waals surface area contributed by atoms with Crippen molar-refractivity contribution in [3.05, 3.63) is 53.6 Å². The average molecular weight is 298 g/mol. The van der Waals surface area contributed by atoms with Gasteiger partial charge in [-0.2, -0.15) is 0 Å². The molecule has 0 saturated heterocycles. The molecule has 0 atom stereocenters. The SMILES string of the molecule is CCCCOc1c(F)cc(-c2c(F)cccc2F)cc1F. The molecule has 2 rings (SSSR count). The Morgan fingerprint density at radius 1 is 0.905 bits per heavy atom. The number of halogens is 4. The lowest BCUT2D eigenvalue weighted by Gasteiger charge is -2.11. The van der Waals surface area contributed by atoms with Gasteiger partial charge >= 0.3 is 0 Å². The van der Waals surface area contributed by atoms with E-state index in [0.717, 1.165) is 30.7 Å². The first-order valence-corrected chi connectivity index (χ1v) is 6.60. The van der Waals surface area contributed by atoms with Gasteiger partial charge in [0.25, 0.3) is 0 Å². The minimum Gasteiger partial charge on any atom is -0.488 e. The van der Waals surface area contributed by atoms with Crippen LogP contribution in [0.15, 0.2) is 30.3 Å². The molecule has 0 aliphatic rings. The minimum absolute atomic E-state index is 0.178. The molecule has 0 heterocycles. The summed E-state index contributed by atoms with van der Waals surface area (Å²) >= 11 is 0. The van der Waals surface area contributed by atoms with Gasteiger partial charge in [0.15, 0.2) is 17.4 Å². The van der Waals surface area contributed by atoms with Crippen LogP contribution in [-0.2, 0) is 0 Å². The highest BCUT2D eigenvalue weighted by molar-refractivity contribution is 5.66. The summed E-state index contributed by atoms with van der Waals surface area (Å²) in [6.07, 6.45) is 1.48. The van der Waals surface area contributed by atoms with Crippen molar-refractivity contribution < 1.29 is 22.3 Å². The first-order chi connectivity index (χ1) is 10.0. The minimum atomic E-state index is -0.983. The first kappa shape index (κ1) is 15.4. The Bertz CT molecular complexity index is 597. The molecule has 0 saturated carbocycles. The molecule has 0 N–H and O–H groups in total. The van der Waals surface area contributed by atoms with Crippen molar-refractivity contribution in [2.24, 2.45) is 0 Å². The molecular formula is C16H14F4O. The fourth-order valence-electron chi connectivity index (χ4n) is 1.93. The van der Waals surface area contributed by atoms with Crippen molar-refractivity contribution in [3.63, 3.8) is 0 Å². The van der Waals surface area contributed by atoms with Gasteiger partial charge in [0, 0.05) is 0 Å². The van der Waals surface area contributed by atoms with Crippen LogP contribution in [0.2, 0.25) is 0 Å². The number of unbranched alkanes of at least 4 members (excludes halogenated alkanes) is 1. The van der Waals surface area contributed by atoms with Crippen LogP contribution in [-0.4, -0.2) is 6.61 Å². The number of rotatable bonds is 5. The summed E-state index contributed by atoms with van der Waals surface area (Å²) in [5.74, 6) is -4.25. The summed E-state index contributed by atoms with van der Waals surface area (Å²) in [5, 5.41) is 0. The number of hydrogen-bond acceptors (Lipinski definition) is 1. The number of hydrogen-bond donors (Lipinski definition) is 0. The molecule has 0 spiro atoms. The zero-order chi connectivity index (χ0) is 15.4. The van der Waals surface area contributed by atoms with Crippen LogP contribution >= 0.6 is 0 Å². The molecule has 0 aliphatic heterocycles. The van der Waals surface area contributed by atoms with Crippen molar-refractivity contribution in [2.45, 2.75) is 19.8 Å². The Labute approximate surface area is 120 Å². The Morgan fingerprint density at radius 2 is 1.48 bits per heavy atom. The molecule has 5 heteroatoms. The summed E-state index contributed by atoms with van der Waals surface area (Å²) in [6, 6.07) is 4.97. The Hall–Kier alpha value is -2.04. The highest BCUT2D eigenvalue weighted by atomic mass is 19.1. The van der Waals surface area contributed by atoms with Gasteiger partial charge in [-0.3, -0.25) is 0 Å². The van der Waals surface area contributed by atoms with Crippen LogP contribution in [0.1, 0.15) is 19.8 Å². The summed E-state index contributed by atoms with van der Waals surface area (Å²) < 4.78 is 60.0. The maximum Gasteiger partial charge on any atom is 0.190 e. The summed E-state index contributed by atoms with van der Waals surface area (Å²) in [7, 11) is 0. The van der Waals surface area contributed by atoms with E-state index < -0.39 is 34.6 Å². The van der Waals surface area contributed by atoms with Gasteiger partial charge < -0.3 is 4.74 Å². The normalized spacial score (nSPS) is 10.7. The largest absolute Gasteiger partial charge is 0.488 e. The molecule has 2 aromatic carbocycles. The zero-order valence-electron chi connectivity index (χ0n) is 11.4. The maximum absolute atomic E-state index is 13.9. The quantitative estimate of drug-likeness (QED) is 0.552. The van der Waals surface area contributed by atoms with Crippen molar-refractivity contribution in [1.29, 1.82) is 0 Å². The molecule has 0 unspecified atom stereocenters. The summed E-state index contributed by atoms with van der Waals surface area (Å²) in [4.78, 5) is 0. The zero-order valence-corrected chi connectivity index (χ0v) is 11.4. The van der Waals surface area contributed by atoms with Gasteiger partial charge in [0.05, 0.1) is 12.2 Å². The molecule has 0 aromatic heterocycles. The predicted molar refractivity (Wildman–Crippen MR) is 72.1 cm³/mol. The summed E-state index contributed by atoms with van der Waals surface area (Å²) in [6.45, 7) is 2.10. The van der Waals surface area contributed by atoms with Crippen LogP contribution in [0.3, 0.4) is 0 Å². The molecular weight excluding hydrogens is 284 g/mol. The van der Waals surface area contributed by atoms with E-state index in [2.05, 4.69) is 0 Å². The van der Waals surface area contributed by atoms with Gasteiger partial charge in [0.2, 0.25) is 0 Å². The van der Waals surface area contributed by atoms with E-state index in [1.165, 1.54) is 6.07 Å². The second kappa shape index (κ2) is 6.61. The Balaban J connectivity index is 2.40. The van der Waals surface area contributed by atoms with Crippen LogP contribution in [0.25, 0.3) is 11.1 Å². The fourth-order valence-corrected chi connectivity index (χ4v) is 1.93. The van der Waals surface area contributed by atoms with E-state index in [4.69, 9.17) is 4.74 Å². The monoisotopic (exact) mass is 298 g/mol. The Kier molecular flexibility index (Phi) is 4.83. The third-order valence-electron chi connectivity index (χ3n) is 2.99. The van der Waals surface area contributed by atoms with Gasteiger partial charge in [-0.05, 0) is 36.2 Å². The topological polar surface area (TPSA) is 9.23 Å². The van der Waals surface area contributed by atoms with Gasteiger partial charge in [0.1, 0.15) is 11.6 Å². The van der Waals surface area contributed by atoms with Gasteiger partial charge in [-0.1, -0.05) is 19.4 Å². The smallest absolute Gasteiger partial charge is 0.190 e. The predicted octanol–water partition coefficient (Wildman–Crippen LogP) is 5.09. The van der Waals surface area contributed by atoms with Crippen LogP contribution < -0.4 is 4.74 Å². The van der Waals surface area contributed by atoms with Crippen LogP contribution in [0, 0.1) is 23.3 Å². The second-order valence-corrected chi connectivity index (χ2v) is 4.57. The van der Waals surface area contributed by atoms with Crippen LogP contribution in [0.4, 0.5) is 17.6 Å². The van der Waals surface area contributed by atoms with E-state index in [-0.39, 0.29) is 12.2 Å². The lowest BCUT2D eigenvalue weighted by Crippen LogP contribution is -2.02. The fraction of sp³-hybridized carbons (Fsp3) is 0.250. The first-order valence-electron chi connectivity index (χ1n) is 6.60. The van der Waals surface area contributed by atoms with E-state index in [9.17, 15) is 17.6 Å². The van der Waals surface area contributed by atoms with E-state index in [1.807, 2.05) is 6.92 Å². The van der Waals surface area contributed by atoms with Gasteiger partial charge in [-0.15, -0.1) is 0 Å². The Morgan fingerprint density at radius 3 is 2.00 bits per heavy atom. The van der Waals surface area contributed by atoms with Crippen molar-refractivity contribution in [2.75, 3.05) is 6.61 Å². The molecule has 1 nitrogen and oxygen atoms in total. The lowest BCUT2D eigenvalue weighted by molar-refractivity contribution is 0.279. The van der Waals surface area contributed by atoms with Crippen molar-refractivity contribution in [1.82, 2.24) is 0 Å². The summed E-state index contributed by atoms with van der Waals surface area (Å²) in [5.41, 5.74) is -0.668. The van der Waals surface area contributed by atoms with E-state index in [1.54, 1.807) is 0 Å². The van der Waals surface area contributed by atoms with E-state index >= 15 is 0 Å².